The number of halogens is 1. The lowest BCUT2D eigenvalue weighted by molar-refractivity contribution is -0.122. The van der Waals surface area contributed by atoms with Crippen LogP contribution in [0.4, 0.5) is 5.69 Å². The Labute approximate surface area is 174 Å². The second-order valence-corrected chi connectivity index (χ2v) is 8.97. The number of hydrogen-bond acceptors (Lipinski definition) is 4. The molecule has 28 heavy (non-hydrogen) atoms. The summed E-state index contributed by atoms with van der Waals surface area (Å²) in [6.45, 7) is 9.11. The van der Waals surface area contributed by atoms with Crippen molar-refractivity contribution in [1.82, 2.24) is 4.72 Å². The lowest BCUT2D eigenvalue weighted by Crippen LogP contribution is -2.30. The molecule has 0 bridgehead atoms. The number of ether oxygens (including phenoxy) is 1. The molecular weight excluding hydrogens is 444 g/mol. The van der Waals surface area contributed by atoms with Gasteiger partial charge in [0.15, 0.2) is 6.10 Å². The Hall–Kier alpha value is -2.16. The zero-order valence-corrected chi connectivity index (χ0v) is 18.4. The van der Waals surface area contributed by atoms with Crippen molar-refractivity contribution < 1.29 is 17.9 Å². The molecule has 0 heterocycles. The minimum Gasteiger partial charge on any atom is -0.480 e. The predicted molar refractivity (Wildman–Crippen MR) is 114 cm³/mol. The summed E-state index contributed by atoms with van der Waals surface area (Å²) >= 11 is 3.43. The molecular formula is C20H23BrN2O4S. The van der Waals surface area contributed by atoms with Gasteiger partial charge in [-0.3, -0.25) is 4.79 Å². The minimum atomic E-state index is -3.60. The lowest BCUT2D eigenvalue weighted by atomic mass is 10.1. The molecule has 8 heteroatoms. The van der Waals surface area contributed by atoms with Gasteiger partial charge in [-0.15, -0.1) is 6.58 Å². The van der Waals surface area contributed by atoms with Gasteiger partial charge in [0.25, 0.3) is 5.91 Å². The number of anilines is 1. The molecule has 2 aromatic rings. The maximum Gasteiger partial charge on any atom is 0.265 e. The number of benzene rings is 2. The zero-order valence-electron chi connectivity index (χ0n) is 16.0. The van der Waals surface area contributed by atoms with Crippen LogP contribution in [0.1, 0.15) is 18.1 Å². The number of sulfonamides is 1. The van der Waals surface area contributed by atoms with E-state index in [-0.39, 0.29) is 17.3 Å². The fraction of sp³-hybridized carbons (Fsp3) is 0.250. The first kappa shape index (κ1) is 22.1. The number of hydrogen-bond donors (Lipinski definition) is 2. The van der Waals surface area contributed by atoms with Crippen LogP contribution in [-0.4, -0.2) is 27.0 Å². The third kappa shape index (κ3) is 5.67. The monoisotopic (exact) mass is 466 g/mol. The second-order valence-electron chi connectivity index (χ2n) is 6.28. The molecule has 0 aliphatic rings. The molecule has 0 aliphatic carbocycles. The molecule has 1 amide bonds. The van der Waals surface area contributed by atoms with Gasteiger partial charge in [0.05, 0.1) is 4.90 Å². The van der Waals surface area contributed by atoms with Crippen LogP contribution < -0.4 is 14.8 Å². The molecule has 6 nitrogen and oxygen atoms in total. The van der Waals surface area contributed by atoms with E-state index in [1.165, 1.54) is 30.3 Å². The van der Waals surface area contributed by atoms with Crippen molar-refractivity contribution in [2.45, 2.75) is 31.8 Å². The zero-order chi connectivity index (χ0) is 20.9. The van der Waals surface area contributed by atoms with Crippen molar-refractivity contribution in [2.24, 2.45) is 0 Å². The van der Waals surface area contributed by atoms with Gasteiger partial charge in [-0.05, 0) is 68.3 Å². The molecule has 150 valence electrons. The summed E-state index contributed by atoms with van der Waals surface area (Å²) in [4.78, 5) is 12.6. The summed E-state index contributed by atoms with van der Waals surface area (Å²) in [5.41, 5.74) is 2.33. The number of nitrogens with one attached hydrogen (secondary N) is 2. The Morgan fingerprint density at radius 2 is 1.79 bits per heavy atom. The van der Waals surface area contributed by atoms with E-state index in [0.717, 1.165) is 15.6 Å². The fourth-order valence-corrected chi connectivity index (χ4v) is 4.21. The first-order chi connectivity index (χ1) is 13.1. The topological polar surface area (TPSA) is 84.5 Å². The number of amides is 1. The summed E-state index contributed by atoms with van der Waals surface area (Å²) in [5.74, 6) is 0.336. The molecule has 0 aromatic heterocycles. The van der Waals surface area contributed by atoms with Crippen molar-refractivity contribution in [3.63, 3.8) is 0 Å². The van der Waals surface area contributed by atoms with Gasteiger partial charge in [-0.1, -0.05) is 22.0 Å². The second kappa shape index (κ2) is 9.36. The van der Waals surface area contributed by atoms with E-state index < -0.39 is 16.1 Å². The van der Waals surface area contributed by atoms with Crippen molar-refractivity contribution >= 4 is 37.5 Å². The van der Waals surface area contributed by atoms with E-state index in [2.05, 4.69) is 32.5 Å². The molecule has 1 atom stereocenters. The molecule has 2 N–H and O–H groups in total. The Morgan fingerprint density at radius 1 is 1.21 bits per heavy atom. The molecule has 0 spiro atoms. The van der Waals surface area contributed by atoms with Crippen LogP contribution in [-0.2, 0) is 14.8 Å². The quantitative estimate of drug-likeness (QED) is 0.577. The summed E-state index contributed by atoms with van der Waals surface area (Å²) in [6, 6.07) is 9.76. The maximum absolute atomic E-state index is 12.4. The van der Waals surface area contributed by atoms with Crippen molar-refractivity contribution in [3.8, 4) is 5.75 Å². The molecule has 0 saturated heterocycles. The van der Waals surface area contributed by atoms with Gasteiger partial charge < -0.3 is 10.1 Å². The highest BCUT2D eigenvalue weighted by Crippen LogP contribution is 2.28. The number of rotatable bonds is 8. The Kier molecular flexibility index (Phi) is 7.40. The van der Waals surface area contributed by atoms with E-state index in [4.69, 9.17) is 4.74 Å². The minimum absolute atomic E-state index is 0.109. The summed E-state index contributed by atoms with van der Waals surface area (Å²) in [7, 11) is -3.60. The van der Waals surface area contributed by atoms with E-state index in [0.29, 0.717) is 11.4 Å². The first-order valence-corrected chi connectivity index (χ1v) is 10.9. The van der Waals surface area contributed by atoms with E-state index in [9.17, 15) is 13.2 Å². The summed E-state index contributed by atoms with van der Waals surface area (Å²) < 4.78 is 33.3. The third-order valence-corrected chi connectivity index (χ3v) is 5.84. The van der Waals surface area contributed by atoms with Crippen LogP contribution in [0.3, 0.4) is 0 Å². The molecule has 0 fully saturated rings. The van der Waals surface area contributed by atoms with E-state index in [1.807, 2.05) is 26.0 Å². The van der Waals surface area contributed by atoms with E-state index in [1.54, 1.807) is 6.92 Å². The lowest BCUT2D eigenvalue weighted by Gasteiger charge is -2.18. The van der Waals surface area contributed by atoms with Crippen LogP contribution >= 0.6 is 15.9 Å². The van der Waals surface area contributed by atoms with Crippen LogP contribution in [0.2, 0.25) is 0 Å². The SMILES string of the molecule is C=CCNS(=O)(=O)c1ccc(NC(=O)C(C)Oc2c(C)cc(Br)cc2C)cc1. The van der Waals surface area contributed by atoms with Crippen LogP contribution in [0, 0.1) is 13.8 Å². The molecule has 0 radical (unpaired) electrons. The van der Waals surface area contributed by atoms with E-state index >= 15 is 0 Å². The molecule has 0 aliphatic heterocycles. The summed E-state index contributed by atoms with van der Waals surface area (Å²) in [6.07, 6.45) is 0.735. The van der Waals surface area contributed by atoms with Crippen LogP contribution in [0.25, 0.3) is 0 Å². The Bertz CT molecular complexity index is 949. The van der Waals surface area contributed by atoms with Gasteiger partial charge in [0.1, 0.15) is 5.75 Å². The molecule has 2 rings (SSSR count). The smallest absolute Gasteiger partial charge is 0.265 e. The largest absolute Gasteiger partial charge is 0.480 e. The first-order valence-electron chi connectivity index (χ1n) is 8.59. The molecule has 1 unspecified atom stereocenters. The van der Waals surface area contributed by atoms with Gasteiger partial charge in [-0.25, -0.2) is 13.1 Å². The van der Waals surface area contributed by atoms with Gasteiger partial charge >= 0.3 is 0 Å². The fourth-order valence-electron chi connectivity index (χ4n) is 2.53. The third-order valence-electron chi connectivity index (χ3n) is 3.94. The highest BCUT2D eigenvalue weighted by Gasteiger charge is 2.18. The number of aryl methyl sites for hydroxylation is 2. The van der Waals surface area contributed by atoms with Gasteiger partial charge in [0.2, 0.25) is 10.0 Å². The van der Waals surface area contributed by atoms with Crippen LogP contribution in [0.5, 0.6) is 5.75 Å². The van der Waals surface area contributed by atoms with Crippen molar-refractivity contribution in [3.05, 3.63) is 64.7 Å². The van der Waals surface area contributed by atoms with Gasteiger partial charge in [0, 0.05) is 16.7 Å². The molecule has 2 aromatic carbocycles. The molecule has 0 saturated carbocycles. The number of carbonyl (C=O) groups excluding carboxylic acids is 1. The Morgan fingerprint density at radius 3 is 2.32 bits per heavy atom. The maximum atomic E-state index is 12.4. The standard InChI is InChI=1S/C20H23BrN2O4S/c1-5-10-22-28(25,26)18-8-6-17(7-9-18)23-20(24)15(4)27-19-13(2)11-16(21)12-14(19)3/h5-9,11-12,15,22H,1,10H2,2-4H3,(H,23,24). The Balaban J connectivity index is 2.05. The average Bonchev–Trinajstić information content (AvgIpc) is 2.63. The van der Waals surface area contributed by atoms with Crippen LogP contribution in [0.15, 0.2) is 58.4 Å². The number of carbonyl (C=O) groups is 1. The predicted octanol–water partition coefficient (Wildman–Crippen LogP) is 3.94. The highest BCUT2D eigenvalue weighted by atomic mass is 79.9. The normalized spacial score (nSPS) is 12.3. The average molecular weight is 467 g/mol. The van der Waals surface area contributed by atoms with Crippen molar-refractivity contribution in [1.29, 1.82) is 0 Å². The summed E-state index contributed by atoms with van der Waals surface area (Å²) in [5, 5.41) is 2.73. The van der Waals surface area contributed by atoms with Crippen molar-refractivity contribution in [2.75, 3.05) is 11.9 Å². The highest BCUT2D eigenvalue weighted by molar-refractivity contribution is 9.10. The van der Waals surface area contributed by atoms with Gasteiger partial charge in [-0.2, -0.15) is 0 Å².